The van der Waals surface area contributed by atoms with E-state index in [0.29, 0.717) is 17.3 Å². The van der Waals surface area contributed by atoms with E-state index in [1.165, 1.54) is 21.8 Å². The summed E-state index contributed by atoms with van der Waals surface area (Å²) < 4.78 is 26.3. The zero-order valence-corrected chi connectivity index (χ0v) is 11.3. The van der Waals surface area contributed by atoms with Crippen LogP contribution in [0.3, 0.4) is 0 Å². The van der Waals surface area contributed by atoms with Crippen LogP contribution in [0.15, 0.2) is 10.4 Å². The monoisotopic (exact) mass is 276 g/mol. The van der Waals surface area contributed by atoms with Crippen molar-refractivity contribution < 1.29 is 13.5 Å². The van der Waals surface area contributed by atoms with Crippen LogP contribution in [0.25, 0.3) is 0 Å². The Labute approximate surface area is 105 Å². The number of aliphatic hydroxyl groups excluding tert-OH is 1. The van der Waals surface area contributed by atoms with Gasteiger partial charge in [0, 0.05) is 19.7 Å². The highest BCUT2D eigenvalue weighted by atomic mass is 32.2. The van der Waals surface area contributed by atoms with Crippen LogP contribution in [0, 0.1) is 12.8 Å². The van der Waals surface area contributed by atoms with E-state index in [1.54, 1.807) is 6.92 Å². The fourth-order valence-corrected chi connectivity index (χ4v) is 4.80. The second kappa shape index (κ2) is 5.01. The maximum atomic E-state index is 12.3. The van der Waals surface area contributed by atoms with Gasteiger partial charge in [-0.1, -0.05) is 0 Å². The number of aromatic nitrogens is 1. The molecule has 5 nitrogen and oxygen atoms in total. The van der Waals surface area contributed by atoms with Crippen molar-refractivity contribution in [3.8, 4) is 0 Å². The first-order valence-corrected chi connectivity index (χ1v) is 7.83. The van der Waals surface area contributed by atoms with Gasteiger partial charge in [0.25, 0.3) is 10.0 Å². The quantitative estimate of drug-likeness (QED) is 0.888. The molecule has 0 bridgehead atoms. The van der Waals surface area contributed by atoms with Crippen LogP contribution in [0.4, 0.5) is 0 Å². The minimum atomic E-state index is -3.41. The molecule has 1 aromatic heterocycles. The first-order valence-electron chi connectivity index (χ1n) is 5.57. The van der Waals surface area contributed by atoms with Crippen molar-refractivity contribution in [1.82, 2.24) is 9.29 Å². The highest BCUT2D eigenvalue weighted by Gasteiger charge is 2.31. The van der Waals surface area contributed by atoms with Crippen molar-refractivity contribution in [2.24, 2.45) is 5.92 Å². The number of aryl methyl sites for hydroxylation is 1. The van der Waals surface area contributed by atoms with E-state index in [1.807, 2.05) is 0 Å². The average Bonchev–Trinajstić information content (AvgIpc) is 2.76. The molecule has 1 aliphatic heterocycles. The Kier molecular flexibility index (Phi) is 3.82. The topological polar surface area (TPSA) is 70.5 Å². The van der Waals surface area contributed by atoms with Gasteiger partial charge in [0.05, 0.1) is 11.2 Å². The Morgan fingerprint density at radius 3 is 3.00 bits per heavy atom. The van der Waals surface area contributed by atoms with Crippen molar-refractivity contribution >= 4 is 21.4 Å². The fraction of sp³-hybridized carbons (Fsp3) is 0.700. The van der Waals surface area contributed by atoms with Crippen molar-refractivity contribution in [1.29, 1.82) is 0 Å². The van der Waals surface area contributed by atoms with Gasteiger partial charge in [-0.15, -0.1) is 11.3 Å². The molecule has 1 fully saturated rings. The zero-order chi connectivity index (χ0) is 12.5. The van der Waals surface area contributed by atoms with Crippen LogP contribution < -0.4 is 0 Å². The number of hydrogen-bond donors (Lipinski definition) is 1. The molecule has 0 saturated carbocycles. The lowest BCUT2D eigenvalue weighted by Gasteiger charge is -2.30. The molecule has 0 aromatic carbocycles. The molecular weight excluding hydrogens is 260 g/mol. The van der Waals surface area contributed by atoms with Crippen LogP contribution in [-0.2, 0) is 10.0 Å². The van der Waals surface area contributed by atoms with Crippen LogP contribution in [0.1, 0.15) is 17.8 Å². The first kappa shape index (κ1) is 12.9. The number of piperidine rings is 1. The molecule has 96 valence electrons. The zero-order valence-electron chi connectivity index (χ0n) is 9.66. The molecule has 7 heteroatoms. The van der Waals surface area contributed by atoms with Gasteiger partial charge >= 0.3 is 0 Å². The molecule has 0 spiro atoms. The van der Waals surface area contributed by atoms with E-state index in [0.717, 1.165) is 17.8 Å². The number of thiazole rings is 1. The van der Waals surface area contributed by atoms with E-state index >= 15 is 0 Å². The summed E-state index contributed by atoms with van der Waals surface area (Å²) in [5.74, 6) is 0.0625. The molecule has 1 N–H and O–H groups in total. The molecule has 1 aromatic rings. The van der Waals surface area contributed by atoms with Crippen LogP contribution in [0.5, 0.6) is 0 Å². The third kappa shape index (κ3) is 2.67. The Morgan fingerprint density at radius 1 is 1.65 bits per heavy atom. The summed E-state index contributed by atoms with van der Waals surface area (Å²) in [4.78, 5) is 3.98. The Hall–Kier alpha value is -0.500. The Balaban J connectivity index is 2.21. The lowest BCUT2D eigenvalue weighted by atomic mass is 10.0. The highest BCUT2D eigenvalue weighted by Crippen LogP contribution is 2.26. The minimum Gasteiger partial charge on any atom is -0.396 e. The lowest BCUT2D eigenvalue weighted by molar-refractivity contribution is 0.165. The summed E-state index contributed by atoms with van der Waals surface area (Å²) in [6, 6.07) is 0. The van der Waals surface area contributed by atoms with E-state index in [4.69, 9.17) is 5.11 Å². The van der Waals surface area contributed by atoms with Gasteiger partial charge in [-0.2, -0.15) is 4.31 Å². The molecule has 1 aliphatic rings. The van der Waals surface area contributed by atoms with Crippen LogP contribution in [0.2, 0.25) is 0 Å². The molecule has 2 rings (SSSR count). The largest absolute Gasteiger partial charge is 0.396 e. The summed E-state index contributed by atoms with van der Waals surface area (Å²) in [5, 5.41) is 9.87. The molecule has 1 atom stereocenters. The highest BCUT2D eigenvalue weighted by molar-refractivity contribution is 7.91. The predicted octanol–water partition coefficient (Wildman–Crippen LogP) is 0.845. The van der Waals surface area contributed by atoms with Crippen LogP contribution >= 0.6 is 11.3 Å². The molecule has 17 heavy (non-hydrogen) atoms. The maximum absolute atomic E-state index is 12.3. The number of nitrogens with zero attached hydrogens (tertiary/aromatic N) is 2. The van der Waals surface area contributed by atoms with Crippen molar-refractivity contribution in [2.75, 3.05) is 19.7 Å². The molecule has 0 radical (unpaired) electrons. The molecule has 1 saturated heterocycles. The fourth-order valence-electron chi connectivity index (χ4n) is 1.98. The van der Waals surface area contributed by atoms with E-state index in [-0.39, 0.29) is 12.5 Å². The normalized spacial score (nSPS) is 22.8. The molecule has 0 amide bonds. The SMILES string of the molecule is Cc1ncc(S(=O)(=O)N2CCCC(CO)C2)s1. The van der Waals surface area contributed by atoms with Gasteiger partial charge in [0.2, 0.25) is 0 Å². The number of aliphatic hydroxyl groups is 1. The van der Waals surface area contributed by atoms with Gasteiger partial charge in [0.1, 0.15) is 0 Å². The van der Waals surface area contributed by atoms with Gasteiger partial charge in [0.15, 0.2) is 4.21 Å². The summed E-state index contributed by atoms with van der Waals surface area (Å²) in [7, 11) is -3.41. The molecule has 2 heterocycles. The summed E-state index contributed by atoms with van der Waals surface area (Å²) in [6.07, 6.45) is 3.12. The van der Waals surface area contributed by atoms with Crippen molar-refractivity contribution in [3.05, 3.63) is 11.2 Å². The lowest BCUT2D eigenvalue weighted by Crippen LogP contribution is -2.40. The summed E-state index contributed by atoms with van der Waals surface area (Å²) in [6.45, 7) is 2.79. The number of sulfonamides is 1. The summed E-state index contributed by atoms with van der Waals surface area (Å²) in [5.41, 5.74) is 0. The Morgan fingerprint density at radius 2 is 2.41 bits per heavy atom. The predicted molar refractivity (Wildman–Crippen MR) is 65.4 cm³/mol. The van der Waals surface area contributed by atoms with Gasteiger partial charge in [-0.25, -0.2) is 13.4 Å². The first-order chi connectivity index (χ1) is 8.04. The van der Waals surface area contributed by atoms with Gasteiger partial charge in [-0.3, -0.25) is 0 Å². The Bertz CT molecular complexity index is 483. The average molecular weight is 276 g/mol. The van der Waals surface area contributed by atoms with Gasteiger partial charge in [-0.05, 0) is 25.7 Å². The molecule has 0 aliphatic carbocycles. The number of hydrogen-bond acceptors (Lipinski definition) is 5. The minimum absolute atomic E-state index is 0.0493. The maximum Gasteiger partial charge on any atom is 0.254 e. The smallest absolute Gasteiger partial charge is 0.254 e. The third-order valence-corrected chi connectivity index (χ3v) is 6.15. The van der Waals surface area contributed by atoms with E-state index in [9.17, 15) is 8.42 Å². The van der Waals surface area contributed by atoms with E-state index in [2.05, 4.69) is 4.98 Å². The van der Waals surface area contributed by atoms with E-state index < -0.39 is 10.0 Å². The van der Waals surface area contributed by atoms with Crippen LogP contribution in [-0.4, -0.2) is 42.5 Å². The second-order valence-electron chi connectivity index (χ2n) is 4.25. The standard InChI is InChI=1S/C10H16N2O3S2/c1-8-11-5-10(16-8)17(14,15)12-4-2-3-9(6-12)7-13/h5,9,13H,2-4,6-7H2,1H3. The molecular formula is C10H16N2O3S2. The summed E-state index contributed by atoms with van der Waals surface area (Å²) >= 11 is 1.19. The van der Waals surface area contributed by atoms with Gasteiger partial charge < -0.3 is 5.11 Å². The molecule has 1 unspecified atom stereocenters. The second-order valence-corrected chi connectivity index (χ2v) is 7.65. The number of rotatable bonds is 3. The van der Waals surface area contributed by atoms with Crippen molar-refractivity contribution in [2.45, 2.75) is 24.0 Å². The third-order valence-electron chi connectivity index (χ3n) is 2.93. The van der Waals surface area contributed by atoms with Crippen molar-refractivity contribution in [3.63, 3.8) is 0 Å².